The predicted molar refractivity (Wildman–Crippen MR) is 70.1 cm³/mol. The van der Waals surface area contributed by atoms with Gasteiger partial charge < -0.3 is 0 Å². The molecule has 0 aliphatic carbocycles. The van der Waals surface area contributed by atoms with Gasteiger partial charge in [-0.05, 0) is 4.91 Å². The molecule has 11 heavy (non-hydrogen) atoms. The molecule has 0 N–H and O–H groups in total. The summed E-state index contributed by atoms with van der Waals surface area (Å²) in [5, 5.41) is 0. The molecule has 68 valence electrons. The zero-order valence-corrected chi connectivity index (χ0v) is 12.0. The van der Waals surface area contributed by atoms with Crippen LogP contribution in [0.25, 0.3) is 0 Å². The van der Waals surface area contributed by atoms with Crippen LogP contribution >= 0.6 is 47.8 Å². The number of hydrogen-bond acceptors (Lipinski definition) is 2. The average molecular weight is 370 g/mol. The first-order chi connectivity index (χ1) is 5.78. The van der Waals surface area contributed by atoms with Crippen LogP contribution in [0.2, 0.25) is 9.63 Å². The monoisotopic (exact) mass is 371 g/mol. The number of alkyl halides is 1. The molecule has 0 aromatic rings. The Morgan fingerprint density at radius 2 is 1.82 bits per heavy atom. The van der Waals surface area contributed by atoms with E-state index < -0.39 is 0 Å². The van der Waals surface area contributed by atoms with Crippen molar-refractivity contribution < 1.29 is 1.37 Å². The van der Waals surface area contributed by atoms with Crippen LogP contribution in [-0.2, 0) is 0 Å². The molecule has 0 aromatic heterocycles. The molecule has 1 saturated heterocycles. The maximum Gasteiger partial charge on any atom is 0.0341 e. The second kappa shape index (κ2) is 8.54. The van der Waals surface area contributed by atoms with Crippen LogP contribution in [0, 0.1) is 0 Å². The number of halogens is 1. The van der Waals surface area contributed by atoms with Gasteiger partial charge in [-0.1, -0.05) is 22.6 Å². The van der Waals surface area contributed by atoms with E-state index in [-0.39, 0.29) is 0 Å². The molecule has 4 heteroatoms. The minimum atomic E-state index is 0.470. The molecule has 1 fully saturated rings. The third-order valence-electron chi connectivity index (χ3n) is 1.60. The summed E-state index contributed by atoms with van der Waals surface area (Å²) in [6.07, 6.45) is 2.82. The second-order valence-corrected chi connectivity index (χ2v) is 6.42. The predicted octanol–water partition coefficient (Wildman–Crippen LogP) is 2.97. The summed E-state index contributed by atoms with van der Waals surface area (Å²) in [4.78, 5) is 2.38. The van der Waals surface area contributed by atoms with E-state index in [2.05, 4.69) is 25.3 Å². The SMILES string of the molecule is SCC1CCC(CS)[Se]1.[2H]CI. The van der Waals surface area contributed by atoms with E-state index in [1.807, 2.05) is 22.6 Å². The van der Waals surface area contributed by atoms with Gasteiger partial charge in [0.05, 0.1) is 0 Å². The molecule has 0 nitrogen and oxygen atoms in total. The summed E-state index contributed by atoms with van der Waals surface area (Å²) in [6.45, 7) is 0. The molecule has 0 aromatic carbocycles. The molecule has 0 radical (unpaired) electrons. The van der Waals surface area contributed by atoms with Gasteiger partial charge in [0.25, 0.3) is 0 Å². The van der Waals surface area contributed by atoms with Gasteiger partial charge in [0.15, 0.2) is 0 Å². The summed E-state index contributed by atoms with van der Waals surface area (Å²) in [5.41, 5.74) is 0. The van der Waals surface area contributed by atoms with Gasteiger partial charge in [-0.25, -0.2) is 0 Å². The first kappa shape index (κ1) is 11.0. The fourth-order valence-corrected chi connectivity index (χ4v) is 4.95. The van der Waals surface area contributed by atoms with Crippen molar-refractivity contribution in [1.29, 1.82) is 0 Å². The van der Waals surface area contributed by atoms with E-state index in [4.69, 9.17) is 1.37 Å². The van der Waals surface area contributed by atoms with Crippen molar-refractivity contribution in [2.75, 3.05) is 16.4 Å². The van der Waals surface area contributed by atoms with Crippen molar-refractivity contribution in [1.82, 2.24) is 0 Å². The molecule has 1 rings (SSSR count). The molecule has 0 bridgehead atoms. The molecule has 2 atom stereocenters. The first-order valence-electron chi connectivity index (χ1n) is 4.21. The van der Waals surface area contributed by atoms with E-state index in [1.54, 1.807) is 0 Å². The van der Waals surface area contributed by atoms with Crippen molar-refractivity contribution in [3.05, 3.63) is 0 Å². The zero-order chi connectivity index (χ0) is 9.40. The van der Waals surface area contributed by atoms with E-state index >= 15 is 0 Å². The number of rotatable bonds is 2. The second-order valence-electron chi connectivity index (χ2n) is 2.32. The Balaban J connectivity index is 0.000000354. The number of thiol groups is 2. The van der Waals surface area contributed by atoms with Crippen LogP contribution in [-0.4, -0.2) is 31.4 Å². The van der Waals surface area contributed by atoms with Crippen LogP contribution in [0.5, 0.6) is 0 Å². The molecular weight excluding hydrogens is 354 g/mol. The Kier molecular flexibility index (Phi) is 8.56. The fraction of sp³-hybridized carbons (Fsp3) is 1.00. The smallest absolute Gasteiger partial charge is 0.0341 e. The van der Waals surface area contributed by atoms with Gasteiger partial charge in [-0.2, -0.15) is 0 Å². The van der Waals surface area contributed by atoms with Crippen LogP contribution in [0.3, 0.4) is 0 Å². The molecule has 0 amide bonds. The van der Waals surface area contributed by atoms with Gasteiger partial charge in [-0.3, -0.25) is 0 Å². The maximum atomic E-state index is 6.20. The Morgan fingerprint density at radius 1 is 1.45 bits per heavy atom. The van der Waals surface area contributed by atoms with Crippen molar-refractivity contribution in [2.24, 2.45) is 0 Å². The third-order valence-corrected chi connectivity index (χ3v) is 6.90. The van der Waals surface area contributed by atoms with Crippen molar-refractivity contribution >= 4 is 62.8 Å². The van der Waals surface area contributed by atoms with Gasteiger partial charge >= 0.3 is 74.2 Å². The minimum Gasteiger partial charge on any atom is -0.0901 e. The normalized spacial score (nSPS) is 30.6. The molecule has 0 saturated carbocycles. The van der Waals surface area contributed by atoms with Crippen LogP contribution in [0.4, 0.5) is 0 Å². The molecule has 0 spiro atoms. The van der Waals surface area contributed by atoms with E-state index in [1.165, 1.54) is 12.8 Å². The zero-order valence-electron chi connectivity index (χ0n) is 7.37. The minimum absolute atomic E-state index is 0.470. The fourth-order valence-electron chi connectivity index (χ4n) is 1.05. The summed E-state index contributed by atoms with van der Waals surface area (Å²) in [6, 6.07) is 0. The third kappa shape index (κ3) is 5.29. The average Bonchev–Trinajstić information content (AvgIpc) is 2.53. The summed E-state index contributed by atoms with van der Waals surface area (Å²) in [7, 11) is 0. The Labute approximate surface area is 102 Å². The van der Waals surface area contributed by atoms with Crippen molar-refractivity contribution in [2.45, 2.75) is 22.5 Å². The number of hydrogen-bond donors (Lipinski definition) is 2. The van der Waals surface area contributed by atoms with Gasteiger partial charge in [0.1, 0.15) is 0 Å². The van der Waals surface area contributed by atoms with Gasteiger partial charge in [0, 0.05) is 1.37 Å². The van der Waals surface area contributed by atoms with E-state index in [9.17, 15) is 0 Å². The summed E-state index contributed by atoms with van der Waals surface area (Å²) >= 11 is 11.4. The molecule has 2 unspecified atom stereocenters. The van der Waals surface area contributed by atoms with Crippen LogP contribution < -0.4 is 0 Å². The van der Waals surface area contributed by atoms with E-state index in [0.29, 0.717) is 4.91 Å². The largest absolute Gasteiger partial charge is 0.0901 e. The molecule has 1 aliphatic rings. The summed E-state index contributed by atoms with van der Waals surface area (Å²) in [5.74, 6) is 2.20. The molecule has 1 aliphatic heterocycles. The molecular formula is C7H15IS2Se. The van der Waals surface area contributed by atoms with Crippen molar-refractivity contribution in [3.63, 3.8) is 0 Å². The topological polar surface area (TPSA) is 0 Å². The van der Waals surface area contributed by atoms with Gasteiger partial charge in [-0.15, -0.1) is 0 Å². The Hall–Kier alpha value is 1.95. The molecule has 1 heterocycles. The first-order valence-corrected chi connectivity index (χ1v) is 8.27. The Morgan fingerprint density at radius 3 is 2.00 bits per heavy atom. The van der Waals surface area contributed by atoms with Crippen molar-refractivity contribution in [3.8, 4) is 0 Å². The van der Waals surface area contributed by atoms with Gasteiger partial charge in [0.2, 0.25) is 0 Å². The quantitative estimate of drug-likeness (QED) is 0.318. The van der Waals surface area contributed by atoms with Crippen LogP contribution in [0.1, 0.15) is 14.2 Å². The maximum absolute atomic E-state index is 6.20. The van der Waals surface area contributed by atoms with E-state index in [0.717, 1.165) is 36.1 Å². The Bertz CT molecular complexity index is 97.4. The van der Waals surface area contributed by atoms with Crippen LogP contribution in [0.15, 0.2) is 0 Å². The summed E-state index contributed by atoms with van der Waals surface area (Å²) < 4.78 is 6.20. The standard InChI is InChI=1S/C6H12S2Se.CH3I/c7-3-5-1-2-6(4-8)9-5;1-2/h5-8H,1-4H2;1H3/i;1D.